The minimum atomic E-state index is 0.708. The first-order valence-electron chi connectivity index (χ1n) is 3.61. The van der Waals surface area contributed by atoms with Crippen LogP contribution in [0.5, 0.6) is 0 Å². The fourth-order valence-electron chi connectivity index (χ4n) is 0.676. The van der Waals surface area contributed by atoms with E-state index < -0.39 is 0 Å². The second-order valence-electron chi connectivity index (χ2n) is 2.04. The first-order chi connectivity index (χ1) is 5.43. The van der Waals surface area contributed by atoms with E-state index in [2.05, 4.69) is 15.8 Å². The Labute approximate surface area is 66.1 Å². The minimum Gasteiger partial charge on any atom is -0.260 e. The standard InChI is InChI=1S/C8H11N3/c1-2-9-11-10-8-6-4-3-5-7-8/h3-7H,2H2,1H3,(H,9,10). The highest BCUT2D eigenvalue weighted by atomic mass is 15.4. The molecule has 1 N–H and O–H groups in total. The molecule has 1 aromatic rings. The summed E-state index contributed by atoms with van der Waals surface area (Å²) in [6.07, 6.45) is 0. The monoisotopic (exact) mass is 149 g/mol. The number of nitrogens with zero attached hydrogens (tertiary/aromatic N) is 2. The lowest BCUT2D eigenvalue weighted by Gasteiger charge is -1.95. The van der Waals surface area contributed by atoms with Crippen molar-refractivity contribution in [1.29, 1.82) is 0 Å². The van der Waals surface area contributed by atoms with E-state index in [4.69, 9.17) is 0 Å². The molecule has 0 aromatic heterocycles. The summed E-state index contributed by atoms with van der Waals surface area (Å²) < 4.78 is 0. The number of para-hydroxylation sites is 1. The largest absolute Gasteiger partial charge is 0.260 e. The summed E-state index contributed by atoms with van der Waals surface area (Å²) in [4.78, 5) is 0. The maximum Gasteiger partial charge on any atom is 0.0592 e. The van der Waals surface area contributed by atoms with Crippen LogP contribution < -0.4 is 5.43 Å². The Bertz CT molecular complexity index is 218. The molecule has 3 heteroatoms. The van der Waals surface area contributed by atoms with E-state index in [1.165, 1.54) is 0 Å². The van der Waals surface area contributed by atoms with Crippen LogP contribution in [0.1, 0.15) is 6.92 Å². The van der Waals surface area contributed by atoms with Crippen molar-refractivity contribution >= 4 is 5.69 Å². The van der Waals surface area contributed by atoms with Gasteiger partial charge in [0.05, 0.1) is 12.2 Å². The summed E-state index contributed by atoms with van der Waals surface area (Å²) in [5.74, 6) is 0. The number of hydrogen-bond donors (Lipinski definition) is 1. The lowest BCUT2D eigenvalue weighted by Crippen LogP contribution is -1.85. The van der Waals surface area contributed by atoms with Crippen molar-refractivity contribution in [1.82, 2.24) is 0 Å². The van der Waals surface area contributed by atoms with E-state index in [0.717, 1.165) is 5.69 Å². The predicted molar refractivity (Wildman–Crippen MR) is 45.5 cm³/mol. The molecule has 0 aliphatic rings. The van der Waals surface area contributed by atoms with Gasteiger partial charge in [0.2, 0.25) is 0 Å². The van der Waals surface area contributed by atoms with Gasteiger partial charge >= 0.3 is 0 Å². The van der Waals surface area contributed by atoms with Crippen LogP contribution in [0.3, 0.4) is 0 Å². The normalized spacial score (nSPS) is 10.3. The van der Waals surface area contributed by atoms with Crippen LogP contribution in [-0.2, 0) is 0 Å². The molecule has 0 amide bonds. The zero-order valence-corrected chi connectivity index (χ0v) is 6.49. The van der Waals surface area contributed by atoms with Gasteiger partial charge in [-0.3, -0.25) is 5.43 Å². The summed E-state index contributed by atoms with van der Waals surface area (Å²) in [5, 5.41) is 7.52. The first kappa shape index (κ1) is 7.72. The summed E-state index contributed by atoms with van der Waals surface area (Å²) >= 11 is 0. The average Bonchev–Trinajstić information content (AvgIpc) is 2.07. The maximum absolute atomic E-state index is 3.78. The third kappa shape index (κ3) is 2.80. The van der Waals surface area contributed by atoms with Crippen molar-refractivity contribution in [3.05, 3.63) is 30.3 Å². The molecule has 0 saturated heterocycles. The fraction of sp³-hybridized carbons (Fsp3) is 0.250. The number of rotatable bonds is 3. The van der Waals surface area contributed by atoms with Crippen LogP contribution in [0.2, 0.25) is 0 Å². The molecular formula is C8H11N3. The third-order valence-corrected chi connectivity index (χ3v) is 1.17. The van der Waals surface area contributed by atoms with E-state index in [9.17, 15) is 0 Å². The molecule has 0 heterocycles. The molecule has 11 heavy (non-hydrogen) atoms. The Morgan fingerprint density at radius 3 is 2.64 bits per heavy atom. The highest BCUT2D eigenvalue weighted by Crippen LogP contribution is 2.03. The highest BCUT2D eigenvalue weighted by Gasteiger charge is 1.82. The van der Waals surface area contributed by atoms with Crippen LogP contribution in [0.15, 0.2) is 40.7 Å². The summed E-state index contributed by atoms with van der Waals surface area (Å²) in [5.41, 5.74) is 3.77. The van der Waals surface area contributed by atoms with Crippen molar-refractivity contribution < 1.29 is 0 Å². The Morgan fingerprint density at radius 2 is 2.00 bits per heavy atom. The van der Waals surface area contributed by atoms with E-state index in [-0.39, 0.29) is 0 Å². The molecule has 1 rings (SSSR count). The number of hydrogen-bond acceptors (Lipinski definition) is 2. The zero-order valence-electron chi connectivity index (χ0n) is 6.49. The van der Waals surface area contributed by atoms with Crippen molar-refractivity contribution in [3.8, 4) is 0 Å². The van der Waals surface area contributed by atoms with Crippen molar-refractivity contribution in [2.45, 2.75) is 6.92 Å². The van der Waals surface area contributed by atoms with Gasteiger partial charge in [-0.2, -0.15) is 5.11 Å². The molecule has 0 fully saturated rings. The van der Waals surface area contributed by atoms with Crippen LogP contribution in [0.4, 0.5) is 5.69 Å². The van der Waals surface area contributed by atoms with Crippen LogP contribution in [0.25, 0.3) is 0 Å². The Balaban J connectivity index is 2.45. The van der Waals surface area contributed by atoms with Gasteiger partial charge in [0.1, 0.15) is 0 Å². The average molecular weight is 149 g/mol. The van der Waals surface area contributed by atoms with Gasteiger partial charge in [0.25, 0.3) is 0 Å². The SMILES string of the molecule is CCN=NNc1ccccc1. The van der Waals surface area contributed by atoms with Crippen molar-refractivity contribution in [2.24, 2.45) is 10.3 Å². The zero-order chi connectivity index (χ0) is 7.94. The number of anilines is 1. The van der Waals surface area contributed by atoms with Crippen molar-refractivity contribution in [2.75, 3.05) is 12.0 Å². The van der Waals surface area contributed by atoms with Crippen LogP contribution >= 0.6 is 0 Å². The summed E-state index contributed by atoms with van der Waals surface area (Å²) in [6, 6.07) is 9.74. The molecule has 0 spiro atoms. The second-order valence-corrected chi connectivity index (χ2v) is 2.04. The second kappa shape index (κ2) is 4.44. The fourth-order valence-corrected chi connectivity index (χ4v) is 0.676. The molecule has 0 aliphatic carbocycles. The molecule has 0 unspecified atom stereocenters. The van der Waals surface area contributed by atoms with Gasteiger partial charge in [0, 0.05) is 0 Å². The predicted octanol–water partition coefficient (Wildman–Crippen LogP) is 2.49. The first-order valence-corrected chi connectivity index (χ1v) is 3.61. The number of nitrogens with one attached hydrogen (secondary N) is 1. The molecule has 3 nitrogen and oxygen atoms in total. The van der Waals surface area contributed by atoms with Gasteiger partial charge in [-0.1, -0.05) is 23.4 Å². The maximum atomic E-state index is 3.78. The summed E-state index contributed by atoms with van der Waals surface area (Å²) in [6.45, 7) is 2.65. The van der Waals surface area contributed by atoms with Gasteiger partial charge in [-0.15, -0.1) is 0 Å². The lowest BCUT2D eigenvalue weighted by atomic mass is 10.3. The molecule has 0 aliphatic heterocycles. The highest BCUT2D eigenvalue weighted by molar-refractivity contribution is 5.41. The van der Waals surface area contributed by atoms with Gasteiger partial charge < -0.3 is 0 Å². The Hall–Kier alpha value is -1.38. The van der Waals surface area contributed by atoms with Crippen molar-refractivity contribution in [3.63, 3.8) is 0 Å². The van der Waals surface area contributed by atoms with Gasteiger partial charge in [0.15, 0.2) is 0 Å². The molecule has 0 atom stereocenters. The topological polar surface area (TPSA) is 36.8 Å². The van der Waals surface area contributed by atoms with E-state index in [0.29, 0.717) is 6.54 Å². The van der Waals surface area contributed by atoms with E-state index in [1.54, 1.807) is 0 Å². The smallest absolute Gasteiger partial charge is 0.0592 e. The van der Waals surface area contributed by atoms with E-state index in [1.807, 2.05) is 37.3 Å². The minimum absolute atomic E-state index is 0.708. The Kier molecular flexibility index (Phi) is 3.12. The molecular weight excluding hydrogens is 138 g/mol. The molecule has 0 bridgehead atoms. The quantitative estimate of drug-likeness (QED) is 0.520. The van der Waals surface area contributed by atoms with Gasteiger partial charge in [-0.25, -0.2) is 0 Å². The van der Waals surface area contributed by atoms with Gasteiger partial charge in [-0.05, 0) is 19.1 Å². The van der Waals surface area contributed by atoms with Crippen LogP contribution in [-0.4, -0.2) is 6.54 Å². The van der Waals surface area contributed by atoms with Crippen LogP contribution in [0, 0.1) is 0 Å². The molecule has 58 valence electrons. The van der Waals surface area contributed by atoms with E-state index >= 15 is 0 Å². The lowest BCUT2D eigenvalue weighted by molar-refractivity contribution is 0.964. The molecule has 0 saturated carbocycles. The summed E-state index contributed by atoms with van der Waals surface area (Å²) in [7, 11) is 0. The Morgan fingerprint density at radius 1 is 1.27 bits per heavy atom. The molecule has 1 aromatic carbocycles. The number of benzene rings is 1. The molecule has 0 radical (unpaired) electrons. The third-order valence-electron chi connectivity index (χ3n) is 1.17.